The first-order valence-corrected chi connectivity index (χ1v) is 9.12. The Hall–Kier alpha value is -1.11. The zero-order valence-electron chi connectivity index (χ0n) is 14.8. The Kier molecular flexibility index (Phi) is 5.18. The lowest BCUT2D eigenvalue weighted by molar-refractivity contribution is -0.134. The fourth-order valence-corrected chi connectivity index (χ4v) is 3.90. The second-order valence-electron chi connectivity index (χ2n) is 6.99. The van der Waals surface area contributed by atoms with Crippen molar-refractivity contribution >= 4 is 17.5 Å². The average Bonchev–Trinajstić information content (AvgIpc) is 2.75. The smallest absolute Gasteiger partial charge is 0.225 e. The fraction of sp³-hybridized carbons (Fsp3) is 0.765. The summed E-state index contributed by atoms with van der Waals surface area (Å²) in [5.41, 5.74) is 1.94. The molecule has 1 aromatic rings. The predicted octanol–water partition coefficient (Wildman–Crippen LogP) is 1.85. The van der Waals surface area contributed by atoms with E-state index in [-0.39, 0.29) is 11.5 Å². The van der Waals surface area contributed by atoms with E-state index in [1.807, 2.05) is 14.1 Å². The summed E-state index contributed by atoms with van der Waals surface area (Å²) < 4.78 is 7.87. The van der Waals surface area contributed by atoms with Crippen LogP contribution in [0.5, 0.6) is 0 Å². The van der Waals surface area contributed by atoms with Crippen LogP contribution >= 0.6 is 11.6 Å². The van der Waals surface area contributed by atoms with Crippen molar-refractivity contribution in [2.24, 2.45) is 7.05 Å². The van der Waals surface area contributed by atoms with Crippen molar-refractivity contribution in [1.29, 1.82) is 0 Å². The van der Waals surface area contributed by atoms with E-state index in [9.17, 15) is 4.79 Å². The summed E-state index contributed by atoms with van der Waals surface area (Å²) in [6.07, 6.45) is 3.18. The van der Waals surface area contributed by atoms with Crippen LogP contribution in [-0.4, -0.2) is 64.4 Å². The van der Waals surface area contributed by atoms with E-state index in [4.69, 9.17) is 16.3 Å². The van der Waals surface area contributed by atoms with Gasteiger partial charge in [0.1, 0.15) is 5.15 Å². The number of aryl methyl sites for hydroxylation is 2. The molecule has 3 rings (SSSR count). The minimum atomic E-state index is -0.273. The molecule has 1 aromatic heterocycles. The third-order valence-corrected chi connectivity index (χ3v) is 5.84. The summed E-state index contributed by atoms with van der Waals surface area (Å²) in [6.45, 7) is 6.09. The van der Waals surface area contributed by atoms with Crippen LogP contribution in [0.3, 0.4) is 0 Å². The van der Waals surface area contributed by atoms with E-state index in [2.05, 4.69) is 16.9 Å². The van der Waals surface area contributed by atoms with Crippen molar-refractivity contribution in [3.8, 4) is 0 Å². The van der Waals surface area contributed by atoms with E-state index in [1.165, 1.54) is 0 Å². The SMILES string of the molecule is CCc1nn(C)c(Cl)c1CN1CCC2(CC1)CC(=O)N(C)CCO2. The summed E-state index contributed by atoms with van der Waals surface area (Å²) in [4.78, 5) is 16.4. The number of likely N-dealkylation sites (N-methyl/N-ethyl adjacent to an activating group) is 1. The molecule has 2 aliphatic heterocycles. The Bertz CT molecular complexity index is 608. The van der Waals surface area contributed by atoms with Crippen molar-refractivity contribution in [3.05, 3.63) is 16.4 Å². The van der Waals surface area contributed by atoms with Gasteiger partial charge in [-0.15, -0.1) is 0 Å². The van der Waals surface area contributed by atoms with Crippen LogP contribution in [0.1, 0.15) is 37.4 Å². The summed E-state index contributed by atoms with van der Waals surface area (Å²) >= 11 is 6.41. The first-order chi connectivity index (χ1) is 11.4. The molecule has 134 valence electrons. The van der Waals surface area contributed by atoms with Crippen LogP contribution in [0.2, 0.25) is 5.15 Å². The monoisotopic (exact) mass is 354 g/mol. The van der Waals surface area contributed by atoms with Crippen LogP contribution in [0.15, 0.2) is 0 Å². The molecule has 0 bridgehead atoms. The van der Waals surface area contributed by atoms with Crippen LogP contribution in [0.4, 0.5) is 0 Å². The number of carbonyl (C=O) groups is 1. The third kappa shape index (κ3) is 3.46. The Morgan fingerprint density at radius 3 is 2.62 bits per heavy atom. The Morgan fingerprint density at radius 2 is 1.96 bits per heavy atom. The molecule has 2 fully saturated rings. The molecule has 0 radical (unpaired) electrons. The lowest BCUT2D eigenvalue weighted by Crippen LogP contribution is -2.46. The van der Waals surface area contributed by atoms with Gasteiger partial charge in [-0.05, 0) is 19.3 Å². The number of likely N-dealkylation sites (tertiary alicyclic amines) is 1. The highest BCUT2D eigenvalue weighted by molar-refractivity contribution is 6.30. The minimum absolute atomic E-state index is 0.199. The fourth-order valence-electron chi connectivity index (χ4n) is 3.69. The number of hydrogen-bond donors (Lipinski definition) is 0. The van der Waals surface area contributed by atoms with Gasteiger partial charge in [0.15, 0.2) is 0 Å². The molecule has 24 heavy (non-hydrogen) atoms. The normalized spacial score (nSPS) is 22.2. The van der Waals surface area contributed by atoms with E-state index < -0.39 is 0 Å². The number of carbonyl (C=O) groups excluding carboxylic acids is 1. The van der Waals surface area contributed by atoms with Gasteiger partial charge in [0.2, 0.25) is 5.91 Å². The molecule has 7 heteroatoms. The zero-order chi connectivity index (χ0) is 17.3. The van der Waals surface area contributed by atoms with Crippen molar-refractivity contribution < 1.29 is 9.53 Å². The number of hydrogen-bond acceptors (Lipinski definition) is 4. The molecule has 6 nitrogen and oxygen atoms in total. The third-order valence-electron chi connectivity index (χ3n) is 5.37. The van der Waals surface area contributed by atoms with Crippen LogP contribution in [0, 0.1) is 0 Å². The lowest BCUT2D eigenvalue weighted by Gasteiger charge is -2.40. The molecule has 1 spiro atoms. The number of amides is 1. The molecular formula is C17H27ClN4O2. The quantitative estimate of drug-likeness (QED) is 0.831. The van der Waals surface area contributed by atoms with Gasteiger partial charge >= 0.3 is 0 Å². The van der Waals surface area contributed by atoms with Gasteiger partial charge in [0, 0.05) is 45.8 Å². The molecule has 0 N–H and O–H groups in total. The average molecular weight is 355 g/mol. The number of nitrogens with zero attached hydrogens (tertiary/aromatic N) is 4. The number of aromatic nitrogens is 2. The molecular weight excluding hydrogens is 328 g/mol. The molecule has 0 aromatic carbocycles. The summed E-state index contributed by atoms with van der Waals surface area (Å²) in [7, 11) is 3.74. The lowest BCUT2D eigenvalue weighted by atomic mass is 9.87. The second kappa shape index (κ2) is 7.02. The van der Waals surface area contributed by atoms with Gasteiger partial charge in [0.25, 0.3) is 0 Å². The topological polar surface area (TPSA) is 50.6 Å². The van der Waals surface area contributed by atoms with Crippen LogP contribution < -0.4 is 0 Å². The highest BCUT2D eigenvalue weighted by atomic mass is 35.5. The molecule has 1 amide bonds. The molecule has 3 heterocycles. The van der Waals surface area contributed by atoms with Gasteiger partial charge in [0.05, 0.1) is 24.3 Å². The van der Waals surface area contributed by atoms with Crippen molar-refractivity contribution in [2.45, 2.75) is 44.8 Å². The number of halogens is 1. The van der Waals surface area contributed by atoms with Crippen molar-refractivity contribution in [1.82, 2.24) is 19.6 Å². The maximum Gasteiger partial charge on any atom is 0.225 e. The number of ether oxygens (including phenoxy) is 1. The molecule has 0 aliphatic carbocycles. The van der Waals surface area contributed by atoms with E-state index in [1.54, 1.807) is 9.58 Å². The minimum Gasteiger partial charge on any atom is -0.373 e. The summed E-state index contributed by atoms with van der Waals surface area (Å²) in [6, 6.07) is 0. The summed E-state index contributed by atoms with van der Waals surface area (Å²) in [5.74, 6) is 0.199. The maximum atomic E-state index is 12.2. The number of piperidine rings is 1. The molecule has 2 aliphatic rings. The van der Waals surface area contributed by atoms with Gasteiger partial charge < -0.3 is 9.64 Å². The van der Waals surface area contributed by atoms with Gasteiger partial charge in [-0.2, -0.15) is 5.10 Å². The Balaban J connectivity index is 1.64. The standard InChI is InChI=1S/C17H27ClN4O2/c1-4-14-13(16(18)21(3)19-14)12-22-7-5-17(6-8-22)11-15(23)20(2)9-10-24-17/h4-12H2,1-3H3. The molecule has 0 unspecified atom stereocenters. The Labute approximate surface area is 148 Å². The van der Waals surface area contributed by atoms with E-state index >= 15 is 0 Å². The first-order valence-electron chi connectivity index (χ1n) is 8.74. The predicted molar refractivity (Wildman–Crippen MR) is 93.0 cm³/mol. The van der Waals surface area contributed by atoms with Crippen LogP contribution in [0.25, 0.3) is 0 Å². The Morgan fingerprint density at radius 1 is 1.25 bits per heavy atom. The molecule has 2 saturated heterocycles. The zero-order valence-corrected chi connectivity index (χ0v) is 15.6. The van der Waals surface area contributed by atoms with Gasteiger partial charge in [-0.25, -0.2) is 0 Å². The van der Waals surface area contributed by atoms with Crippen LogP contribution in [-0.2, 0) is 29.5 Å². The summed E-state index contributed by atoms with van der Waals surface area (Å²) in [5, 5.41) is 5.22. The first kappa shape index (κ1) is 17.7. The van der Waals surface area contributed by atoms with Gasteiger partial charge in [-0.1, -0.05) is 18.5 Å². The maximum absolute atomic E-state index is 12.2. The molecule has 0 saturated carbocycles. The second-order valence-corrected chi connectivity index (χ2v) is 7.35. The van der Waals surface area contributed by atoms with Gasteiger partial charge in [-0.3, -0.25) is 14.4 Å². The van der Waals surface area contributed by atoms with E-state index in [0.717, 1.165) is 55.3 Å². The highest BCUT2D eigenvalue weighted by Crippen LogP contribution is 2.33. The van der Waals surface area contributed by atoms with Crippen molar-refractivity contribution in [3.63, 3.8) is 0 Å². The van der Waals surface area contributed by atoms with Crippen molar-refractivity contribution in [2.75, 3.05) is 33.3 Å². The number of rotatable bonds is 3. The largest absolute Gasteiger partial charge is 0.373 e. The molecule has 0 atom stereocenters. The van der Waals surface area contributed by atoms with E-state index in [0.29, 0.717) is 19.6 Å². The highest BCUT2D eigenvalue weighted by Gasteiger charge is 2.40.